The molecule has 1 N–H and O–H groups in total. The van der Waals surface area contributed by atoms with E-state index in [9.17, 15) is 13.5 Å². The minimum atomic E-state index is -3.54. The predicted molar refractivity (Wildman–Crippen MR) is 80.3 cm³/mol. The first-order chi connectivity index (χ1) is 9.98. The summed E-state index contributed by atoms with van der Waals surface area (Å²) in [5.74, 6) is 0.243. The number of aromatic nitrogens is 1. The van der Waals surface area contributed by atoms with Gasteiger partial charge in [0.2, 0.25) is 10.0 Å². The van der Waals surface area contributed by atoms with Crippen molar-refractivity contribution in [1.82, 2.24) is 9.29 Å². The van der Waals surface area contributed by atoms with Gasteiger partial charge in [-0.1, -0.05) is 6.07 Å². The van der Waals surface area contributed by atoms with E-state index in [1.807, 2.05) is 0 Å². The van der Waals surface area contributed by atoms with Gasteiger partial charge in [-0.3, -0.25) is 4.98 Å². The fraction of sp³-hybridized carbons (Fsp3) is 0.400. The zero-order valence-electron chi connectivity index (χ0n) is 11.8. The molecule has 3 rings (SSSR count). The number of nitrogens with zero attached hydrogens (tertiary/aromatic N) is 2. The molecule has 1 heterocycles. The smallest absolute Gasteiger partial charge is 0.243 e. The summed E-state index contributed by atoms with van der Waals surface area (Å²) in [6.45, 7) is 0.441. The highest BCUT2D eigenvalue weighted by atomic mass is 32.2. The Kier molecular flexibility index (Phi) is 3.69. The molecule has 0 bridgehead atoms. The van der Waals surface area contributed by atoms with Gasteiger partial charge in [-0.05, 0) is 43.0 Å². The maximum absolute atomic E-state index is 12.7. The molecule has 1 fully saturated rings. The molecule has 112 valence electrons. The van der Waals surface area contributed by atoms with Crippen molar-refractivity contribution in [2.75, 3.05) is 13.6 Å². The van der Waals surface area contributed by atoms with Crippen LogP contribution in [0.15, 0.2) is 41.4 Å². The van der Waals surface area contributed by atoms with Gasteiger partial charge in [-0.2, -0.15) is 0 Å². The Labute approximate surface area is 124 Å². The van der Waals surface area contributed by atoms with Crippen LogP contribution in [0.3, 0.4) is 0 Å². The van der Waals surface area contributed by atoms with Crippen LogP contribution in [0.1, 0.15) is 12.8 Å². The maximum Gasteiger partial charge on any atom is 0.243 e. The zero-order chi connectivity index (χ0) is 15.0. The average molecular weight is 306 g/mol. The van der Waals surface area contributed by atoms with E-state index >= 15 is 0 Å². The van der Waals surface area contributed by atoms with Crippen LogP contribution in [0.25, 0.3) is 10.9 Å². The molecule has 21 heavy (non-hydrogen) atoms. The molecule has 5 nitrogen and oxygen atoms in total. The van der Waals surface area contributed by atoms with Crippen molar-refractivity contribution < 1.29 is 13.5 Å². The molecule has 1 aromatic heterocycles. The van der Waals surface area contributed by atoms with E-state index in [0.29, 0.717) is 30.3 Å². The summed E-state index contributed by atoms with van der Waals surface area (Å²) < 4.78 is 26.9. The van der Waals surface area contributed by atoms with Crippen molar-refractivity contribution in [3.8, 4) is 0 Å². The van der Waals surface area contributed by atoms with E-state index in [4.69, 9.17) is 0 Å². The number of pyridine rings is 1. The van der Waals surface area contributed by atoms with Crippen LogP contribution in [-0.2, 0) is 10.0 Å². The molecule has 0 atom stereocenters. The number of sulfonamides is 1. The SMILES string of the molecule is CN(CC1CC(O)C1)S(=O)(=O)c1cccc2ncccc12. The minimum absolute atomic E-state index is 0.243. The molecule has 1 saturated carbocycles. The maximum atomic E-state index is 12.7. The van der Waals surface area contributed by atoms with Crippen LogP contribution in [0.2, 0.25) is 0 Å². The average Bonchev–Trinajstić information content (AvgIpc) is 2.44. The van der Waals surface area contributed by atoms with Gasteiger partial charge in [0.05, 0.1) is 16.5 Å². The number of benzene rings is 1. The van der Waals surface area contributed by atoms with Gasteiger partial charge in [-0.25, -0.2) is 12.7 Å². The normalized spacial score (nSPS) is 22.4. The summed E-state index contributed by atoms with van der Waals surface area (Å²) in [5.41, 5.74) is 0.672. The fourth-order valence-corrected chi connectivity index (χ4v) is 4.22. The van der Waals surface area contributed by atoms with Crippen LogP contribution in [0.4, 0.5) is 0 Å². The van der Waals surface area contributed by atoms with Crippen LogP contribution in [0.5, 0.6) is 0 Å². The molecule has 0 saturated heterocycles. The number of hydrogen-bond donors (Lipinski definition) is 1. The Morgan fingerprint density at radius 3 is 2.76 bits per heavy atom. The van der Waals surface area contributed by atoms with Crippen LogP contribution in [0, 0.1) is 5.92 Å². The first-order valence-corrected chi connectivity index (χ1v) is 8.40. The van der Waals surface area contributed by atoms with E-state index in [1.54, 1.807) is 43.6 Å². The zero-order valence-corrected chi connectivity index (χ0v) is 12.6. The monoisotopic (exact) mass is 306 g/mol. The van der Waals surface area contributed by atoms with E-state index in [2.05, 4.69) is 4.98 Å². The highest BCUT2D eigenvalue weighted by molar-refractivity contribution is 7.89. The lowest BCUT2D eigenvalue weighted by atomic mass is 9.82. The van der Waals surface area contributed by atoms with Crippen LogP contribution in [-0.4, -0.2) is 42.5 Å². The Morgan fingerprint density at radius 1 is 1.29 bits per heavy atom. The highest BCUT2D eigenvalue weighted by Gasteiger charge is 2.32. The van der Waals surface area contributed by atoms with Gasteiger partial charge < -0.3 is 5.11 Å². The van der Waals surface area contributed by atoms with E-state index < -0.39 is 10.0 Å². The highest BCUT2D eigenvalue weighted by Crippen LogP contribution is 2.30. The van der Waals surface area contributed by atoms with Gasteiger partial charge in [0, 0.05) is 25.2 Å². The third kappa shape index (κ3) is 2.66. The molecule has 1 aromatic carbocycles. The topological polar surface area (TPSA) is 70.5 Å². The molecule has 0 aliphatic heterocycles. The molecule has 0 spiro atoms. The lowest BCUT2D eigenvalue weighted by molar-refractivity contribution is 0.0367. The van der Waals surface area contributed by atoms with Crippen molar-refractivity contribution in [3.05, 3.63) is 36.5 Å². The van der Waals surface area contributed by atoms with Crippen molar-refractivity contribution in [2.45, 2.75) is 23.8 Å². The Bertz CT molecular complexity index is 749. The van der Waals surface area contributed by atoms with Crippen molar-refractivity contribution in [1.29, 1.82) is 0 Å². The lowest BCUT2D eigenvalue weighted by Gasteiger charge is -2.34. The molecule has 0 unspecified atom stereocenters. The number of hydrogen-bond acceptors (Lipinski definition) is 4. The standard InChI is InChI=1S/C15H18N2O3S/c1-17(10-11-8-12(18)9-11)21(19,20)15-6-2-5-14-13(15)4-3-7-16-14/h2-7,11-12,18H,8-10H2,1H3. The molecule has 1 aliphatic carbocycles. The van der Waals surface area contributed by atoms with Crippen molar-refractivity contribution in [3.63, 3.8) is 0 Å². The fourth-order valence-electron chi connectivity index (χ4n) is 2.78. The van der Waals surface area contributed by atoms with Crippen molar-refractivity contribution >= 4 is 20.9 Å². The van der Waals surface area contributed by atoms with Crippen LogP contribution >= 0.6 is 0 Å². The molecular weight excluding hydrogens is 288 g/mol. The van der Waals surface area contributed by atoms with E-state index in [-0.39, 0.29) is 16.9 Å². The summed E-state index contributed by atoms with van der Waals surface area (Å²) in [5, 5.41) is 9.96. The van der Waals surface area contributed by atoms with Crippen LogP contribution < -0.4 is 0 Å². The first kappa shape index (κ1) is 14.4. The number of aliphatic hydroxyl groups is 1. The summed E-state index contributed by atoms with van der Waals surface area (Å²) in [6.07, 6.45) is 2.74. The third-order valence-electron chi connectivity index (χ3n) is 4.02. The predicted octanol–water partition coefficient (Wildman–Crippen LogP) is 1.63. The molecule has 2 aromatic rings. The van der Waals surface area contributed by atoms with Gasteiger partial charge in [0.25, 0.3) is 0 Å². The first-order valence-electron chi connectivity index (χ1n) is 6.96. The van der Waals surface area contributed by atoms with Gasteiger partial charge in [0.15, 0.2) is 0 Å². The molecule has 6 heteroatoms. The lowest BCUT2D eigenvalue weighted by Crippen LogP contribution is -2.39. The second kappa shape index (κ2) is 5.36. The summed E-state index contributed by atoms with van der Waals surface area (Å²) in [6, 6.07) is 8.64. The second-order valence-corrected chi connectivity index (χ2v) is 7.62. The van der Waals surface area contributed by atoms with E-state index in [0.717, 1.165) is 0 Å². The van der Waals surface area contributed by atoms with Crippen molar-refractivity contribution in [2.24, 2.45) is 5.92 Å². The van der Waals surface area contributed by atoms with E-state index in [1.165, 1.54) is 4.31 Å². The third-order valence-corrected chi connectivity index (χ3v) is 5.90. The Hall–Kier alpha value is -1.50. The molecular formula is C15H18N2O3S. The number of aliphatic hydroxyl groups excluding tert-OH is 1. The minimum Gasteiger partial charge on any atom is -0.393 e. The molecule has 0 radical (unpaired) electrons. The van der Waals surface area contributed by atoms with Gasteiger partial charge in [0.1, 0.15) is 0 Å². The quantitative estimate of drug-likeness (QED) is 0.932. The molecule has 1 aliphatic rings. The summed E-state index contributed by atoms with van der Waals surface area (Å²) >= 11 is 0. The molecule has 0 amide bonds. The Balaban J connectivity index is 1.92. The summed E-state index contributed by atoms with van der Waals surface area (Å²) in [7, 11) is -1.95. The largest absolute Gasteiger partial charge is 0.393 e. The number of fused-ring (bicyclic) bond motifs is 1. The number of rotatable bonds is 4. The van der Waals surface area contributed by atoms with Gasteiger partial charge in [-0.15, -0.1) is 0 Å². The second-order valence-electron chi connectivity index (χ2n) is 5.60. The summed E-state index contributed by atoms with van der Waals surface area (Å²) in [4.78, 5) is 4.48. The Morgan fingerprint density at radius 2 is 2.05 bits per heavy atom. The van der Waals surface area contributed by atoms with Gasteiger partial charge >= 0.3 is 0 Å².